The Morgan fingerprint density at radius 2 is 2.24 bits per heavy atom. The molecule has 0 unspecified atom stereocenters. The van der Waals surface area contributed by atoms with Gasteiger partial charge in [0, 0.05) is 20.1 Å². The van der Waals surface area contributed by atoms with Crippen molar-refractivity contribution in [3.8, 4) is 0 Å². The maximum absolute atomic E-state index is 12.3. The number of nitrogens with zero attached hydrogens (tertiary/aromatic N) is 3. The maximum atomic E-state index is 12.3. The van der Waals surface area contributed by atoms with Crippen LogP contribution in [0.3, 0.4) is 0 Å². The molecule has 1 aliphatic heterocycles. The zero-order valence-corrected chi connectivity index (χ0v) is 10.7. The normalized spacial score (nSPS) is 19.4. The van der Waals surface area contributed by atoms with Crippen LogP contribution in [-0.4, -0.2) is 33.7 Å². The van der Waals surface area contributed by atoms with Gasteiger partial charge in [-0.3, -0.25) is 9.48 Å². The molecule has 1 aromatic heterocycles. The van der Waals surface area contributed by atoms with Crippen molar-refractivity contribution >= 4 is 11.7 Å². The molecule has 1 amide bonds. The molecule has 0 spiro atoms. The minimum absolute atomic E-state index is 0.00313. The van der Waals surface area contributed by atoms with Gasteiger partial charge in [0.25, 0.3) is 5.91 Å². The Balaban J connectivity index is 2.18. The van der Waals surface area contributed by atoms with Gasteiger partial charge < -0.3 is 10.6 Å². The highest BCUT2D eigenvalue weighted by Crippen LogP contribution is 2.29. The van der Waals surface area contributed by atoms with Crippen LogP contribution in [0.4, 0.5) is 5.82 Å². The van der Waals surface area contributed by atoms with Gasteiger partial charge in [-0.05, 0) is 18.3 Å². The van der Waals surface area contributed by atoms with Gasteiger partial charge in [-0.2, -0.15) is 5.10 Å². The molecule has 0 aliphatic carbocycles. The van der Waals surface area contributed by atoms with Crippen LogP contribution in [0.2, 0.25) is 0 Å². The van der Waals surface area contributed by atoms with E-state index in [1.165, 1.54) is 11.1 Å². The topological polar surface area (TPSA) is 64.2 Å². The largest absolute Gasteiger partial charge is 0.383 e. The number of aromatic nitrogens is 2. The highest BCUT2D eigenvalue weighted by molar-refractivity contribution is 5.98. The molecule has 17 heavy (non-hydrogen) atoms. The Hall–Kier alpha value is -1.52. The van der Waals surface area contributed by atoms with Crippen molar-refractivity contribution in [1.82, 2.24) is 14.7 Å². The van der Waals surface area contributed by atoms with Crippen molar-refractivity contribution in [3.63, 3.8) is 0 Å². The lowest BCUT2D eigenvalue weighted by atomic mass is 9.84. The zero-order valence-electron chi connectivity index (χ0n) is 10.7. The molecule has 0 atom stereocenters. The van der Waals surface area contributed by atoms with Crippen molar-refractivity contribution in [2.45, 2.75) is 26.7 Å². The Labute approximate surface area is 102 Å². The molecule has 94 valence electrons. The predicted molar refractivity (Wildman–Crippen MR) is 66.5 cm³/mol. The summed E-state index contributed by atoms with van der Waals surface area (Å²) in [4.78, 5) is 14.2. The number of amides is 1. The number of aryl methyl sites for hydroxylation is 1. The number of carbonyl (C=O) groups is 1. The van der Waals surface area contributed by atoms with E-state index < -0.39 is 0 Å². The minimum Gasteiger partial charge on any atom is -0.383 e. The van der Waals surface area contributed by atoms with E-state index in [0.29, 0.717) is 11.4 Å². The number of nitrogen functional groups attached to an aromatic ring is 1. The van der Waals surface area contributed by atoms with Gasteiger partial charge in [-0.15, -0.1) is 0 Å². The SMILES string of the molecule is Cn1ncc(C(=O)N2CCCC(C)(C)C2)c1N. The maximum Gasteiger partial charge on any atom is 0.259 e. The molecule has 2 rings (SSSR count). The summed E-state index contributed by atoms with van der Waals surface area (Å²) in [5.74, 6) is 0.446. The summed E-state index contributed by atoms with van der Waals surface area (Å²) >= 11 is 0. The van der Waals surface area contributed by atoms with Crippen LogP contribution < -0.4 is 5.73 Å². The number of hydrogen-bond donors (Lipinski definition) is 1. The lowest BCUT2D eigenvalue weighted by molar-refractivity contribution is 0.0584. The number of hydrogen-bond acceptors (Lipinski definition) is 3. The van der Waals surface area contributed by atoms with Crippen molar-refractivity contribution < 1.29 is 4.79 Å². The number of carbonyl (C=O) groups excluding carboxylic acids is 1. The van der Waals surface area contributed by atoms with Crippen molar-refractivity contribution in [1.29, 1.82) is 0 Å². The number of piperidine rings is 1. The molecule has 2 N–H and O–H groups in total. The summed E-state index contributed by atoms with van der Waals surface area (Å²) in [5.41, 5.74) is 6.55. The van der Waals surface area contributed by atoms with E-state index in [4.69, 9.17) is 5.73 Å². The molecule has 2 heterocycles. The molecule has 5 nitrogen and oxygen atoms in total. The van der Waals surface area contributed by atoms with E-state index in [1.807, 2.05) is 4.90 Å². The van der Waals surface area contributed by atoms with Gasteiger partial charge >= 0.3 is 0 Å². The van der Waals surface area contributed by atoms with Gasteiger partial charge in [0.1, 0.15) is 11.4 Å². The zero-order chi connectivity index (χ0) is 12.6. The second-order valence-electron chi connectivity index (χ2n) is 5.56. The average Bonchev–Trinajstić information content (AvgIpc) is 2.57. The smallest absolute Gasteiger partial charge is 0.259 e. The molecular formula is C12H20N4O. The first kappa shape index (κ1) is 12.0. The summed E-state index contributed by atoms with van der Waals surface area (Å²) in [6, 6.07) is 0. The van der Waals surface area contributed by atoms with Crippen LogP contribution in [0.15, 0.2) is 6.20 Å². The standard InChI is InChI=1S/C12H20N4O/c1-12(2)5-4-6-16(8-12)11(17)9-7-14-15(3)10(9)13/h7H,4-6,8,13H2,1-3H3. The fourth-order valence-corrected chi connectivity index (χ4v) is 2.38. The van der Waals surface area contributed by atoms with Crippen LogP contribution in [0.5, 0.6) is 0 Å². The number of likely N-dealkylation sites (tertiary alicyclic amines) is 1. The molecular weight excluding hydrogens is 216 g/mol. The second kappa shape index (κ2) is 4.05. The molecule has 1 aromatic rings. The fourth-order valence-electron chi connectivity index (χ4n) is 2.38. The third-order valence-corrected chi connectivity index (χ3v) is 3.40. The van der Waals surface area contributed by atoms with Gasteiger partial charge in [0.2, 0.25) is 0 Å². The molecule has 1 fully saturated rings. The van der Waals surface area contributed by atoms with Crippen LogP contribution in [0.25, 0.3) is 0 Å². The fraction of sp³-hybridized carbons (Fsp3) is 0.667. The van der Waals surface area contributed by atoms with E-state index in [2.05, 4.69) is 18.9 Å². The first-order chi connectivity index (χ1) is 7.91. The van der Waals surface area contributed by atoms with Crippen LogP contribution in [0.1, 0.15) is 37.0 Å². The summed E-state index contributed by atoms with van der Waals surface area (Å²) in [6.07, 6.45) is 3.78. The van der Waals surface area contributed by atoms with Gasteiger partial charge in [0.15, 0.2) is 0 Å². The second-order valence-corrected chi connectivity index (χ2v) is 5.56. The molecule has 0 bridgehead atoms. The molecule has 0 radical (unpaired) electrons. The Kier molecular flexibility index (Phi) is 2.85. The third kappa shape index (κ3) is 2.28. The van der Waals surface area contributed by atoms with Crippen LogP contribution in [-0.2, 0) is 7.05 Å². The average molecular weight is 236 g/mol. The number of rotatable bonds is 1. The number of nitrogens with two attached hydrogens (primary N) is 1. The van der Waals surface area contributed by atoms with E-state index in [0.717, 1.165) is 19.5 Å². The van der Waals surface area contributed by atoms with Crippen molar-refractivity contribution in [2.75, 3.05) is 18.8 Å². The third-order valence-electron chi connectivity index (χ3n) is 3.40. The predicted octanol–water partition coefficient (Wildman–Crippen LogP) is 1.26. The number of anilines is 1. The van der Waals surface area contributed by atoms with Crippen molar-refractivity contribution in [3.05, 3.63) is 11.8 Å². The lowest BCUT2D eigenvalue weighted by Gasteiger charge is -2.37. The Morgan fingerprint density at radius 3 is 2.76 bits per heavy atom. The van der Waals surface area contributed by atoms with E-state index >= 15 is 0 Å². The molecule has 0 saturated carbocycles. The van der Waals surface area contributed by atoms with Crippen LogP contribution in [0, 0.1) is 5.41 Å². The monoisotopic (exact) mass is 236 g/mol. The first-order valence-corrected chi connectivity index (χ1v) is 5.97. The van der Waals surface area contributed by atoms with E-state index in [9.17, 15) is 4.79 Å². The Morgan fingerprint density at radius 1 is 1.53 bits per heavy atom. The van der Waals surface area contributed by atoms with Gasteiger partial charge in [0.05, 0.1) is 6.20 Å². The lowest BCUT2D eigenvalue weighted by Crippen LogP contribution is -2.43. The highest BCUT2D eigenvalue weighted by Gasteiger charge is 2.30. The summed E-state index contributed by atoms with van der Waals surface area (Å²) < 4.78 is 1.53. The molecule has 1 aliphatic rings. The van der Waals surface area contributed by atoms with E-state index in [-0.39, 0.29) is 11.3 Å². The first-order valence-electron chi connectivity index (χ1n) is 5.97. The summed E-state index contributed by atoms with van der Waals surface area (Å²) in [5, 5.41) is 4.01. The summed E-state index contributed by atoms with van der Waals surface area (Å²) in [6.45, 7) is 5.99. The molecule has 0 aromatic carbocycles. The molecule has 1 saturated heterocycles. The summed E-state index contributed by atoms with van der Waals surface area (Å²) in [7, 11) is 1.74. The van der Waals surface area contributed by atoms with Crippen molar-refractivity contribution in [2.24, 2.45) is 12.5 Å². The Bertz CT molecular complexity index is 436. The van der Waals surface area contributed by atoms with Gasteiger partial charge in [-0.1, -0.05) is 13.8 Å². The molecule has 5 heteroatoms. The quantitative estimate of drug-likeness (QED) is 0.798. The minimum atomic E-state index is 0.00313. The van der Waals surface area contributed by atoms with Crippen LogP contribution >= 0.6 is 0 Å². The van der Waals surface area contributed by atoms with E-state index in [1.54, 1.807) is 13.2 Å². The van der Waals surface area contributed by atoms with Gasteiger partial charge in [-0.25, -0.2) is 0 Å². The highest BCUT2D eigenvalue weighted by atomic mass is 16.2.